The van der Waals surface area contributed by atoms with Crippen molar-refractivity contribution < 1.29 is 23.7 Å². The molecule has 0 saturated carbocycles. The Balaban J connectivity index is 2.18. The maximum Gasteiger partial charge on any atom is 0.261 e. The maximum absolute atomic E-state index is 15.3. The van der Waals surface area contributed by atoms with Crippen LogP contribution in [0.1, 0.15) is 6.23 Å². The fourth-order valence-corrected chi connectivity index (χ4v) is 2.72. The number of halogens is 2. The number of hydrogen-bond donors (Lipinski definition) is 4. The number of H-pyrrole nitrogens is 1. The number of nitrogens with one attached hydrogen (secondary N) is 1. The molecular formula is C14H14F2N4O4. The number of rotatable bonds is 2. The van der Waals surface area contributed by atoms with E-state index in [2.05, 4.69) is 9.97 Å². The Morgan fingerprint density at radius 3 is 3.00 bits per heavy atom. The van der Waals surface area contributed by atoms with Gasteiger partial charge in [-0.1, -0.05) is 11.8 Å². The van der Waals surface area contributed by atoms with E-state index in [9.17, 15) is 19.4 Å². The number of alkyl halides is 2. The highest BCUT2D eigenvalue weighted by molar-refractivity contribution is 5.76. The van der Waals surface area contributed by atoms with E-state index in [4.69, 9.17) is 10.5 Å². The van der Waals surface area contributed by atoms with E-state index < -0.39 is 42.9 Å². The Morgan fingerprint density at radius 2 is 2.33 bits per heavy atom. The van der Waals surface area contributed by atoms with Gasteiger partial charge >= 0.3 is 0 Å². The van der Waals surface area contributed by atoms with Gasteiger partial charge in [0, 0.05) is 6.20 Å². The minimum atomic E-state index is -2.70. The van der Waals surface area contributed by atoms with Crippen LogP contribution in [0.4, 0.5) is 14.7 Å². The predicted molar refractivity (Wildman–Crippen MR) is 79.4 cm³/mol. The molecule has 1 aliphatic heterocycles. The third kappa shape index (κ3) is 2.34. The van der Waals surface area contributed by atoms with Gasteiger partial charge < -0.3 is 25.3 Å². The second-order valence-corrected chi connectivity index (χ2v) is 5.27. The van der Waals surface area contributed by atoms with Crippen molar-refractivity contribution in [2.24, 2.45) is 0 Å². The van der Waals surface area contributed by atoms with Crippen molar-refractivity contribution >= 4 is 17.0 Å². The van der Waals surface area contributed by atoms with Gasteiger partial charge in [0.1, 0.15) is 18.9 Å². The van der Waals surface area contributed by atoms with E-state index in [1.54, 1.807) is 0 Å². The average Bonchev–Trinajstić information content (AvgIpc) is 3.06. The Bertz CT molecular complexity index is 886. The molecule has 24 heavy (non-hydrogen) atoms. The van der Waals surface area contributed by atoms with Crippen LogP contribution in [0.3, 0.4) is 0 Å². The number of anilines is 1. The molecule has 5 N–H and O–H groups in total. The van der Waals surface area contributed by atoms with Crippen LogP contribution in [0.15, 0.2) is 17.1 Å². The molecule has 0 amide bonds. The first kappa shape index (κ1) is 16.4. The van der Waals surface area contributed by atoms with Gasteiger partial charge in [0.15, 0.2) is 11.9 Å². The number of ether oxygens (including phenoxy) is 1. The van der Waals surface area contributed by atoms with Crippen molar-refractivity contribution in [2.45, 2.75) is 24.1 Å². The van der Waals surface area contributed by atoms with E-state index in [1.807, 2.05) is 11.8 Å². The standard InChI is InChI=1S/C14H14F2N4O4/c15-4-1-3-14(16)9(22)8(6-21)24-12(14)20-5-2-7-10(20)18-13(17)19-11(7)23/h2,5,8-9,12,21-22H,4,6H2,(H3,17,18,19,23)/t8-,9?,12-,14-/m1/s1. The zero-order valence-corrected chi connectivity index (χ0v) is 12.2. The topological polar surface area (TPSA) is 126 Å². The van der Waals surface area contributed by atoms with Gasteiger partial charge in [-0.25, -0.2) is 8.78 Å². The quantitative estimate of drug-likeness (QED) is 0.532. The Morgan fingerprint density at radius 1 is 1.58 bits per heavy atom. The van der Waals surface area contributed by atoms with Crippen LogP contribution in [-0.4, -0.2) is 55.9 Å². The third-order valence-electron chi connectivity index (χ3n) is 3.82. The number of aromatic nitrogens is 3. The molecule has 2 aromatic heterocycles. The van der Waals surface area contributed by atoms with Gasteiger partial charge in [0.25, 0.3) is 5.56 Å². The summed E-state index contributed by atoms with van der Waals surface area (Å²) in [6.07, 6.45) is -3.32. The molecule has 2 aromatic rings. The molecule has 0 aliphatic carbocycles. The highest BCUT2D eigenvalue weighted by Crippen LogP contribution is 2.42. The molecule has 128 valence electrons. The van der Waals surface area contributed by atoms with E-state index in [-0.39, 0.29) is 17.0 Å². The number of hydrogen-bond acceptors (Lipinski definition) is 6. The molecule has 3 rings (SSSR count). The lowest BCUT2D eigenvalue weighted by Gasteiger charge is -2.24. The molecule has 1 aliphatic rings. The zero-order chi connectivity index (χ0) is 17.5. The number of nitrogens with two attached hydrogens (primary N) is 1. The summed E-state index contributed by atoms with van der Waals surface area (Å²) in [5.41, 5.74) is 2.27. The molecule has 3 heterocycles. The van der Waals surface area contributed by atoms with E-state index in [0.717, 1.165) is 4.57 Å². The molecule has 1 saturated heterocycles. The van der Waals surface area contributed by atoms with Gasteiger partial charge in [-0.05, 0) is 6.07 Å². The maximum atomic E-state index is 15.3. The lowest BCUT2D eigenvalue weighted by atomic mass is 9.96. The second kappa shape index (κ2) is 5.86. The average molecular weight is 340 g/mol. The summed E-state index contributed by atoms with van der Waals surface area (Å²) in [6.45, 7) is -1.79. The first-order valence-electron chi connectivity index (χ1n) is 6.98. The summed E-state index contributed by atoms with van der Waals surface area (Å²) >= 11 is 0. The lowest BCUT2D eigenvalue weighted by molar-refractivity contribution is -0.0501. The van der Waals surface area contributed by atoms with Crippen molar-refractivity contribution in [2.75, 3.05) is 19.0 Å². The van der Waals surface area contributed by atoms with Gasteiger partial charge in [0.05, 0.1) is 12.0 Å². The Labute approximate surface area is 133 Å². The molecule has 0 aromatic carbocycles. The summed E-state index contributed by atoms with van der Waals surface area (Å²) < 4.78 is 34.1. The zero-order valence-electron chi connectivity index (χ0n) is 12.2. The fraction of sp³-hybridized carbons (Fsp3) is 0.429. The Kier molecular flexibility index (Phi) is 4.00. The lowest BCUT2D eigenvalue weighted by Crippen LogP contribution is -2.42. The summed E-state index contributed by atoms with van der Waals surface area (Å²) in [5, 5.41) is 19.4. The number of nitrogen functional groups attached to an aromatic ring is 1. The van der Waals surface area contributed by atoms with Gasteiger partial charge in [-0.3, -0.25) is 9.78 Å². The van der Waals surface area contributed by atoms with Gasteiger partial charge in [-0.2, -0.15) is 4.98 Å². The fourth-order valence-electron chi connectivity index (χ4n) is 2.72. The smallest absolute Gasteiger partial charge is 0.261 e. The first-order chi connectivity index (χ1) is 11.4. The monoisotopic (exact) mass is 340 g/mol. The molecule has 10 heteroatoms. The number of fused-ring (bicyclic) bond motifs is 1. The normalized spacial score (nSPS) is 29.6. The van der Waals surface area contributed by atoms with Gasteiger partial charge in [0.2, 0.25) is 11.6 Å². The predicted octanol–water partition coefficient (Wildman–Crippen LogP) is -0.761. The number of nitrogens with zero attached hydrogens (tertiary/aromatic N) is 2. The second-order valence-electron chi connectivity index (χ2n) is 5.27. The van der Waals surface area contributed by atoms with Crippen LogP contribution in [0.25, 0.3) is 11.0 Å². The third-order valence-corrected chi connectivity index (χ3v) is 3.82. The van der Waals surface area contributed by atoms with Crippen LogP contribution in [-0.2, 0) is 4.74 Å². The number of aromatic amines is 1. The van der Waals surface area contributed by atoms with E-state index in [1.165, 1.54) is 12.3 Å². The highest BCUT2D eigenvalue weighted by Gasteiger charge is 2.57. The van der Waals surface area contributed by atoms with Crippen molar-refractivity contribution in [1.82, 2.24) is 14.5 Å². The summed E-state index contributed by atoms with van der Waals surface area (Å²) in [5.74, 6) is 3.75. The van der Waals surface area contributed by atoms with Crippen molar-refractivity contribution in [3.63, 3.8) is 0 Å². The molecule has 1 fully saturated rings. The number of aliphatic hydroxyl groups is 2. The number of aliphatic hydroxyl groups excluding tert-OH is 2. The summed E-state index contributed by atoms with van der Waals surface area (Å²) in [7, 11) is 0. The first-order valence-corrected chi connectivity index (χ1v) is 6.98. The van der Waals surface area contributed by atoms with Crippen molar-refractivity contribution in [1.29, 1.82) is 0 Å². The van der Waals surface area contributed by atoms with Crippen LogP contribution in [0.5, 0.6) is 0 Å². The molecular weight excluding hydrogens is 326 g/mol. The van der Waals surface area contributed by atoms with Crippen LogP contribution >= 0.6 is 0 Å². The SMILES string of the molecule is Nc1nc2c(ccn2[C@@H]2O[C@H](CO)C(O)[C@]2(F)C#CCF)c(=O)[nH]1. The molecule has 0 radical (unpaired) electrons. The molecule has 0 spiro atoms. The highest BCUT2D eigenvalue weighted by atomic mass is 19.1. The summed E-state index contributed by atoms with van der Waals surface area (Å²) in [6, 6.07) is 1.37. The molecule has 1 unspecified atom stereocenters. The van der Waals surface area contributed by atoms with Crippen LogP contribution in [0.2, 0.25) is 0 Å². The van der Waals surface area contributed by atoms with Crippen LogP contribution < -0.4 is 11.3 Å². The van der Waals surface area contributed by atoms with Crippen LogP contribution in [0, 0.1) is 11.8 Å². The largest absolute Gasteiger partial charge is 0.394 e. The van der Waals surface area contributed by atoms with Gasteiger partial charge in [-0.15, -0.1) is 0 Å². The molecule has 0 bridgehead atoms. The molecule has 8 nitrogen and oxygen atoms in total. The minimum Gasteiger partial charge on any atom is -0.394 e. The summed E-state index contributed by atoms with van der Waals surface area (Å²) in [4.78, 5) is 18.1. The van der Waals surface area contributed by atoms with E-state index in [0.29, 0.717) is 0 Å². The Hall–Kier alpha value is -2.48. The minimum absolute atomic E-state index is 0.0103. The van der Waals surface area contributed by atoms with Crippen molar-refractivity contribution in [3.05, 3.63) is 22.6 Å². The van der Waals surface area contributed by atoms with Crippen molar-refractivity contribution in [3.8, 4) is 11.8 Å². The van der Waals surface area contributed by atoms with E-state index >= 15 is 4.39 Å². The molecule has 4 atom stereocenters.